The van der Waals surface area contributed by atoms with Crippen LogP contribution in [0.3, 0.4) is 0 Å². The summed E-state index contributed by atoms with van der Waals surface area (Å²) in [4.78, 5) is 2.10. The molecular formula is C22H31NO6. The van der Waals surface area contributed by atoms with Gasteiger partial charge in [0.15, 0.2) is 11.5 Å². The molecular weight excluding hydrogens is 374 g/mol. The Kier molecular flexibility index (Phi) is 9.56. The molecule has 0 heterocycles. The molecule has 0 bridgehead atoms. The Morgan fingerprint density at radius 1 is 0.897 bits per heavy atom. The van der Waals surface area contributed by atoms with Crippen LogP contribution in [0.25, 0.3) is 0 Å². The van der Waals surface area contributed by atoms with Crippen molar-refractivity contribution in [2.75, 3.05) is 54.7 Å². The molecule has 0 fully saturated rings. The van der Waals surface area contributed by atoms with E-state index in [4.69, 9.17) is 23.7 Å². The maximum Gasteiger partial charge on any atom is 0.165 e. The number of methoxy groups -OCH3 is 4. The number of aliphatic hydroxyl groups excluding tert-OH is 1. The first kappa shape index (κ1) is 22.8. The lowest BCUT2D eigenvalue weighted by molar-refractivity contribution is 0.0539. The number of nitrogens with zero attached hydrogens (tertiary/aromatic N) is 1. The van der Waals surface area contributed by atoms with Crippen molar-refractivity contribution < 1.29 is 28.8 Å². The summed E-state index contributed by atoms with van der Waals surface area (Å²) in [6.45, 7) is 2.42. The maximum absolute atomic E-state index is 10.5. The summed E-state index contributed by atoms with van der Waals surface area (Å²) >= 11 is 0. The molecule has 160 valence electrons. The Morgan fingerprint density at radius 2 is 1.62 bits per heavy atom. The summed E-state index contributed by atoms with van der Waals surface area (Å²) in [6, 6.07) is 13.0. The summed E-state index contributed by atoms with van der Waals surface area (Å²) in [5.41, 5.74) is 0.978. The average molecular weight is 405 g/mol. The smallest absolute Gasteiger partial charge is 0.165 e. The van der Waals surface area contributed by atoms with Crippen LogP contribution in [0.2, 0.25) is 0 Å². The van der Waals surface area contributed by atoms with Crippen molar-refractivity contribution in [2.45, 2.75) is 12.6 Å². The molecule has 29 heavy (non-hydrogen) atoms. The lowest BCUT2D eigenvalue weighted by atomic mass is 10.1. The summed E-state index contributed by atoms with van der Waals surface area (Å²) in [5, 5.41) is 10.5. The van der Waals surface area contributed by atoms with Crippen LogP contribution < -0.4 is 18.9 Å². The highest BCUT2D eigenvalue weighted by atomic mass is 16.5. The van der Waals surface area contributed by atoms with Gasteiger partial charge in [0.05, 0.1) is 27.9 Å². The molecule has 1 N–H and O–H groups in total. The Morgan fingerprint density at radius 3 is 2.24 bits per heavy atom. The zero-order valence-electron chi connectivity index (χ0n) is 17.6. The molecule has 1 atom stereocenters. The second kappa shape index (κ2) is 12.2. The van der Waals surface area contributed by atoms with Crippen LogP contribution in [0.4, 0.5) is 0 Å². The van der Waals surface area contributed by atoms with Crippen molar-refractivity contribution in [3.63, 3.8) is 0 Å². The summed E-state index contributed by atoms with van der Waals surface area (Å²) in [6.07, 6.45) is -0.662. The molecule has 0 saturated heterocycles. The van der Waals surface area contributed by atoms with Gasteiger partial charge in [-0.2, -0.15) is 0 Å². The van der Waals surface area contributed by atoms with E-state index in [1.165, 1.54) is 0 Å². The predicted octanol–water partition coefficient (Wildman–Crippen LogP) is 2.60. The van der Waals surface area contributed by atoms with Gasteiger partial charge >= 0.3 is 0 Å². The van der Waals surface area contributed by atoms with Gasteiger partial charge in [0.25, 0.3) is 0 Å². The Hall–Kier alpha value is -2.48. The second-order valence-corrected chi connectivity index (χ2v) is 6.52. The summed E-state index contributed by atoms with van der Waals surface area (Å²) in [7, 11) is 6.52. The molecule has 0 aliphatic heterocycles. The number of ether oxygens (including phenoxy) is 5. The van der Waals surface area contributed by atoms with Crippen LogP contribution in [0.15, 0.2) is 42.5 Å². The van der Waals surface area contributed by atoms with E-state index < -0.39 is 6.10 Å². The highest BCUT2D eigenvalue weighted by Crippen LogP contribution is 2.31. The average Bonchev–Trinajstić information content (AvgIpc) is 2.76. The molecule has 7 nitrogen and oxygen atoms in total. The van der Waals surface area contributed by atoms with Gasteiger partial charge in [0.2, 0.25) is 0 Å². The third-order valence-electron chi connectivity index (χ3n) is 4.46. The lowest BCUT2D eigenvalue weighted by Crippen LogP contribution is -2.37. The normalized spacial score (nSPS) is 11.9. The largest absolute Gasteiger partial charge is 0.497 e. The first-order valence-corrected chi connectivity index (χ1v) is 9.47. The van der Waals surface area contributed by atoms with E-state index in [0.29, 0.717) is 43.5 Å². The van der Waals surface area contributed by atoms with Gasteiger partial charge in [-0.3, -0.25) is 4.90 Å². The van der Waals surface area contributed by atoms with Gasteiger partial charge in [-0.1, -0.05) is 12.1 Å². The highest BCUT2D eigenvalue weighted by molar-refractivity contribution is 5.46. The standard InChI is InChI=1S/C22H31NO6/c1-25-13-12-23(14-17-6-5-7-21(27-3)22(17)28-4)15-18(24)16-29-20-10-8-19(26-2)9-11-20/h5-11,18,24H,12-16H2,1-4H3/t18-/m1/s1. The molecule has 2 aromatic rings. The van der Waals surface area contributed by atoms with Crippen molar-refractivity contribution in [1.29, 1.82) is 0 Å². The van der Waals surface area contributed by atoms with E-state index in [-0.39, 0.29) is 6.61 Å². The van der Waals surface area contributed by atoms with E-state index in [2.05, 4.69) is 4.90 Å². The monoisotopic (exact) mass is 405 g/mol. The Bertz CT molecular complexity index is 722. The van der Waals surface area contributed by atoms with Gasteiger partial charge in [0, 0.05) is 32.3 Å². The zero-order chi connectivity index (χ0) is 21.1. The first-order chi connectivity index (χ1) is 14.1. The fourth-order valence-corrected chi connectivity index (χ4v) is 2.99. The molecule has 0 aromatic heterocycles. The topological polar surface area (TPSA) is 69.6 Å². The zero-order valence-corrected chi connectivity index (χ0v) is 17.6. The minimum Gasteiger partial charge on any atom is -0.497 e. The third kappa shape index (κ3) is 7.12. The molecule has 0 spiro atoms. The molecule has 2 aromatic carbocycles. The van der Waals surface area contributed by atoms with Crippen molar-refractivity contribution in [2.24, 2.45) is 0 Å². The maximum atomic E-state index is 10.5. The lowest BCUT2D eigenvalue weighted by Gasteiger charge is -2.26. The van der Waals surface area contributed by atoms with Gasteiger partial charge in [-0.15, -0.1) is 0 Å². The highest BCUT2D eigenvalue weighted by Gasteiger charge is 2.17. The van der Waals surface area contributed by atoms with E-state index in [0.717, 1.165) is 11.3 Å². The van der Waals surface area contributed by atoms with Crippen LogP contribution in [0.1, 0.15) is 5.56 Å². The summed E-state index contributed by atoms with van der Waals surface area (Å²) in [5.74, 6) is 2.82. The van der Waals surface area contributed by atoms with Crippen LogP contribution in [0.5, 0.6) is 23.0 Å². The van der Waals surface area contributed by atoms with Crippen molar-refractivity contribution >= 4 is 0 Å². The minimum absolute atomic E-state index is 0.186. The van der Waals surface area contributed by atoms with Gasteiger partial charge in [-0.05, 0) is 30.3 Å². The van der Waals surface area contributed by atoms with E-state index >= 15 is 0 Å². The molecule has 0 saturated carbocycles. The first-order valence-electron chi connectivity index (χ1n) is 9.47. The van der Waals surface area contributed by atoms with Crippen molar-refractivity contribution in [3.8, 4) is 23.0 Å². The molecule has 2 rings (SSSR count). The Balaban J connectivity index is 1.98. The minimum atomic E-state index is -0.662. The molecule has 0 aliphatic rings. The van der Waals surface area contributed by atoms with Crippen LogP contribution in [0, 0.1) is 0 Å². The number of hydrogen-bond donors (Lipinski definition) is 1. The fraction of sp³-hybridized carbons (Fsp3) is 0.455. The number of aliphatic hydroxyl groups is 1. The van der Waals surface area contributed by atoms with Crippen LogP contribution in [-0.4, -0.2) is 70.9 Å². The van der Waals surface area contributed by atoms with E-state index in [1.807, 2.05) is 42.5 Å². The molecule has 0 amide bonds. The number of para-hydroxylation sites is 1. The van der Waals surface area contributed by atoms with E-state index in [9.17, 15) is 5.11 Å². The molecule has 0 aliphatic carbocycles. The van der Waals surface area contributed by atoms with Crippen LogP contribution in [-0.2, 0) is 11.3 Å². The van der Waals surface area contributed by atoms with Crippen molar-refractivity contribution in [3.05, 3.63) is 48.0 Å². The number of hydrogen-bond acceptors (Lipinski definition) is 7. The van der Waals surface area contributed by atoms with Gasteiger partial charge < -0.3 is 28.8 Å². The Labute approximate surface area is 172 Å². The van der Waals surface area contributed by atoms with Crippen LogP contribution >= 0.6 is 0 Å². The predicted molar refractivity (Wildman–Crippen MR) is 111 cm³/mol. The molecule has 0 unspecified atom stereocenters. The fourth-order valence-electron chi connectivity index (χ4n) is 2.99. The quantitative estimate of drug-likeness (QED) is 0.549. The van der Waals surface area contributed by atoms with Crippen molar-refractivity contribution in [1.82, 2.24) is 4.90 Å². The number of benzene rings is 2. The second-order valence-electron chi connectivity index (χ2n) is 6.52. The SMILES string of the molecule is COCCN(Cc1cccc(OC)c1OC)C[C@@H](O)COc1ccc(OC)cc1. The molecule has 0 radical (unpaired) electrons. The van der Waals surface area contributed by atoms with Gasteiger partial charge in [-0.25, -0.2) is 0 Å². The van der Waals surface area contributed by atoms with E-state index in [1.54, 1.807) is 28.4 Å². The van der Waals surface area contributed by atoms with Gasteiger partial charge in [0.1, 0.15) is 24.2 Å². The molecule has 7 heteroatoms. The number of rotatable bonds is 13. The third-order valence-corrected chi connectivity index (χ3v) is 4.46. The summed E-state index contributed by atoms with van der Waals surface area (Å²) < 4.78 is 27.0.